The first-order valence-electron chi connectivity index (χ1n) is 8.56. The molecule has 2 heteroatoms. The second kappa shape index (κ2) is 5.92. The summed E-state index contributed by atoms with van der Waals surface area (Å²) in [4.78, 5) is 2.65. The van der Waals surface area contributed by atoms with Crippen molar-refractivity contribution in [2.75, 3.05) is 13.1 Å². The summed E-state index contributed by atoms with van der Waals surface area (Å²) >= 11 is 0. The van der Waals surface area contributed by atoms with Gasteiger partial charge < -0.3 is 5.11 Å². The van der Waals surface area contributed by atoms with Gasteiger partial charge in [0.15, 0.2) is 0 Å². The minimum Gasteiger partial charge on any atom is -0.508 e. The van der Waals surface area contributed by atoms with Gasteiger partial charge in [-0.25, -0.2) is 0 Å². The SMILES string of the molecule is CCCN(CCC)C1(C)Cc2cccc3cc(O)cc(c23)C1. The minimum atomic E-state index is 0.154. The minimum absolute atomic E-state index is 0.154. The van der Waals surface area contributed by atoms with E-state index in [9.17, 15) is 5.11 Å². The van der Waals surface area contributed by atoms with Gasteiger partial charge in [-0.3, -0.25) is 4.90 Å². The molecule has 3 rings (SSSR count). The van der Waals surface area contributed by atoms with Crippen molar-refractivity contribution < 1.29 is 5.11 Å². The van der Waals surface area contributed by atoms with E-state index >= 15 is 0 Å². The molecule has 0 aliphatic heterocycles. The van der Waals surface area contributed by atoms with E-state index < -0.39 is 0 Å². The number of nitrogens with zero attached hydrogens (tertiary/aromatic N) is 1. The number of phenols is 1. The Labute approximate surface area is 133 Å². The molecular formula is C20H27NO. The van der Waals surface area contributed by atoms with E-state index in [4.69, 9.17) is 0 Å². The molecule has 1 N–H and O–H groups in total. The van der Waals surface area contributed by atoms with Crippen molar-refractivity contribution >= 4 is 10.8 Å². The molecule has 2 aromatic carbocycles. The van der Waals surface area contributed by atoms with E-state index in [1.54, 1.807) is 0 Å². The zero-order valence-electron chi connectivity index (χ0n) is 14.0. The number of hydrogen-bond acceptors (Lipinski definition) is 2. The number of hydrogen-bond donors (Lipinski definition) is 1. The Morgan fingerprint density at radius 2 is 1.73 bits per heavy atom. The third-order valence-corrected chi connectivity index (χ3v) is 5.02. The van der Waals surface area contributed by atoms with Crippen LogP contribution < -0.4 is 0 Å². The van der Waals surface area contributed by atoms with Crippen LogP contribution in [0.2, 0.25) is 0 Å². The van der Waals surface area contributed by atoms with Crippen LogP contribution in [-0.4, -0.2) is 28.6 Å². The smallest absolute Gasteiger partial charge is 0.116 e. The molecule has 2 aromatic rings. The van der Waals surface area contributed by atoms with Gasteiger partial charge in [0.2, 0.25) is 0 Å². The second-order valence-electron chi connectivity index (χ2n) is 6.96. The zero-order valence-corrected chi connectivity index (χ0v) is 14.0. The van der Waals surface area contributed by atoms with Crippen molar-refractivity contribution in [2.45, 2.75) is 52.0 Å². The Bertz CT molecular complexity index is 673. The van der Waals surface area contributed by atoms with Gasteiger partial charge in [-0.2, -0.15) is 0 Å². The van der Waals surface area contributed by atoms with Gasteiger partial charge >= 0.3 is 0 Å². The average molecular weight is 297 g/mol. The van der Waals surface area contributed by atoms with Crippen LogP contribution in [-0.2, 0) is 12.8 Å². The quantitative estimate of drug-likeness (QED) is 0.876. The molecule has 0 fully saturated rings. The Morgan fingerprint density at radius 3 is 2.41 bits per heavy atom. The highest BCUT2D eigenvalue weighted by Gasteiger charge is 2.35. The molecule has 0 aromatic heterocycles. The molecule has 0 spiro atoms. The van der Waals surface area contributed by atoms with Crippen LogP contribution in [0.15, 0.2) is 30.3 Å². The number of rotatable bonds is 5. The molecule has 0 bridgehead atoms. The van der Waals surface area contributed by atoms with Crippen LogP contribution in [0.25, 0.3) is 10.8 Å². The molecule has 1 aliphatic rings. The topological polar surface area (TPSA) is 23.5 Å². The van der Waals surface area contributed by atoms with Gasteiger partial charge in [-0.1, -0.05) is 32.0 Å². The fourth-order valence-corrected chi connectivity index (χ4v) is 4.17. The Kier molecular flexibility index (Phi) is 4.14. The van der Waals surface area contributed by atoms with E-state index in [2.05, 4.69) is 43.9 Å². The van der Waals surface area contributed by atoms with E-state index in [0.29, 0.717) is 5.75 Å². The molecule has 0 saturated carbocycles. The second-order valence-corrected chi connectivity index (χ2v) is 6.96. The van der Waals surface area contributed by atoms with Crippen LogP contribution in [0.4, 0.5) is 0 Å². The largest absolute Gasteiger partial charge is 0.508 e. The first-order valence-corrected chi connectivity index (χ1v) is 8.56. The predicted octanol–water partition coefficient (Wildman–Crippen LogP) is 4.52. The molecule has 22 heavy (non-hydrogen) atoms. The third-order valence-electron chi connectivity index (χ3n) is 5.02. The number of phenolic OH excluding ortho intramolecular Hbond substituents is 1. The molecule has 118 valence electrons. The van der Waals surface area contributed by atoms with E-state index in [1.165, 1.54) is 34.7 Å². The van der Waals surface area contributed by atoms with Gasteiger partial charge in [-0.15, -0.1) is 0 Å². The summed E-state index contributed by atoms with van der Waals surface area (Å²) in [5.74, 6) is 0.390. The first kappa shape index (κ1) is 15.4. The summed E-state index contributed by atoms with van der Waals surface area (Å²) in [6, 6.07) is 10.4. The normalized spacial score (nSPS) is 20.7. The van der Waals surface area contributed by atoms with Crippen molar-refractivity contribution in [3.63, 3.8) is 0 Å². The number of benzene rings is 2. The first-order chi connectivity index (χ1) is 10.6. The van der Waals surface area contributed by atoms with Crippen LogP contribution in [0.1, 0.15) is 44.7 Å². The van der Waals surface area contributed by atoms with E-state index in [1.807, 2.05) is 12.1 Å². The van der Waals surface area contributed by atoms with E-state index in [0.717, 1.165) is 25.9 Å². The Hall–Kier alpha value is -1.54. The monoisotopic (exact) mass is 297 g/mol. The fraction of sp³-hybridized carbons (Fsp3) is 0.500. The van der Waals surface area contributed by atoms with Crippen molar-refractivity contribution in [3.05, 3.63) is 41.5 Å². The summed E-state index contributed by atoms with van der Waals surface area (Å²) in [6.45, 7) is 9.21. The summed E-state index contributed by atoms with van der Waals surface area (Å²) in [7, 11) is 0. The van der Waals surface area contributed by atoms with Crippen molar-refractivity contribution in [1.82, 2.24) is 4.90 Å². The van der Waals surface area contributed by atoms with Gasteiger partial charge in [0.05, 0.1) is 0 Å². The van der Waals surface area contributed by atoms with Crippen LogP contribution in [0.3, 0.4) is 0 Å². The number of aromatic hydroxyl groups is 1. The maximum absolute atomic E-state index is 10.1. The predicted molar refractivity (Wildman–Crippen MR) is 93.6 cm³/mol. The molecule has 2 nitrogen and oxygen atoms in total. The standard InChI is InChI=1S/C20H27NO/c1-4-9-21(10-5-2)20(3)13-16-8-6-7-15-11-18(22)12-17(14-20)19(15)16/h6-8,11-12,22H,4-5,9-10,13-14H2,1-3H3. The van der Waals surface area contributed by atoms with Crippen LogP contribution in [0.5, 0.6) is 5.75 Å². The highest BCUT2D eigenvalue weighted by molar-refractivity contribution is 5.91. The van der Waals surface area contributed by atoms with Gasteiger partial charge in [0.25, 0.3) is 0 Å². The van der Waals surface area contributed by atoms with Crippen molar-refractivity contribution in [2.24, 2.45) is 0 Å². The average Bonchev–Trinajstić information content (AvgIpc) is 2.46. The lowest BCUT2D eigenvalue weighted by Crippen LogP contribution is -2.51. The molecule has 0 amide bonds. The molecule has 1 aliphatic carbocycles. The highest BCUT2D eigenvalue weighted by Crippen LogP contribution is 2.39. The summed E-state index contributed by atoms with van der Waals surface area (Å²) in [6.07, 6.45) is 4.50. The maximum atomic E-state index is 10.1. The molecule has 0 radical (unpaired) electrons. The van der Waals surface area contributed by atoms with Crippen LogP contribution >= 0.6 is 0 Å². The molecule has 0 saturated heterocycles. The lowest BCUT2D eigenvalue weighted by atomic mass is 9.76. The lowest BCUT2D eigenvalue weighted by molar-refractivity contribution is 0.101. The molecule has 0 heterocycles. The van der Waals surface area contributed by atoms with E-state index in [-0.39, 0.29) is 5.54 Å². The maximum Gasteiger partial charge on any atom is 0.116 e. The molecule has 1 atom stereocenters. The summed E-state index contributed by atoms with van der Waals surface area (Å²) in [5, 5.41) is 12.6. The van der Waals surface area contributed by atoms with Crippen molar-refractivity contribution in [1.29, 1.82) is 0 Å². The third kappa shape index (κ3) is 2.61. The molecule has 1 unspecified atom stereocenters. The lowest BCUT2D eigenvalue weighted by Gasteiger charge is -2.44. The summed E-state index contributed by atoms with van der Waals surface area (Å²) < 4.78 is 0. The zero-order chi connectivity index (χ0) is 15.7. The van der Waals surface area contributed by atoms with Crippen molar-refractivity contribution in [3.8, 4) is 5.75 Å². The van der Waals surface area contributed by atoms with Gasteiger partial charge in [0.1, 0.15) is 5.75 Å². The highest BCUT2D eigenvalue weighted by atomic mass is 16.3. The molecular weight excluding hydrogens is 270 g/mol. The fourth-order valence-electron chi connectivity index (χ4n) is 4.17. The van der Waals surface area contributed by atoms with Crippen LogP contribution in [0, 0.1) is 0 Å². The Morgan fingerprint density at radius 1 is 1.05 bits per heavy atom. The summed E-state index contributed by atoms with van der Waals surface area (Å²) in [5.41, 5.74) is 2.89. The van der Waals surface area contributed by atoms with Gasteiger partial charge in [0, 0.05) is 5.54 Å². The van der Waals surface area contributed by atoms with Gasteiger partial charge in [-0.05, 0) is 79.7 Å². The Balaban J connectivity index is 2.06.